The van der Waals surface area contributed by atoms with Gasteiger partial charge in [-0.25, -0.2) is 4.98 Å². The van der Waals surface area contributed by atoms with Crippen LogP contribution in [0.2, 0.25) is 0 Å². The third kappa shape index (κ3) is 4.27. The van der Waals surface area contributed by atoms with Crippen LogP contribution in [0.15, 0.2) is 73.1 Å². The Morgan fingerprint density at radius 3 is 2.47 bits per heavy atom. The van der Waals surface area contributed by atoms with Crippen molar-refractivity contribution in [2.24, 2.45) is 0 Å². The van der Waals surface area contributed by atoms with Crippen LogP contribution in [0.4, 0.5) is 5.69 Å². The van der Waals surface area contributed by atoms with Crippen molar-refractivity contribution in [1.29, 1.82) is 0 Å². The van der Waals surface area contributed by atoms with Gasteiger partial charge in [-0.3, -0.25) is 4.79 Å². The van der Waals surface area contributed by atoms with E-state index in [-0.39, 0.29) is 12.5 Å². The first kappa shape index (κ1) is 19.5. The molecule has 0 atom stereocenters. The molecule has 2 aromatic heterocycles. The summed E-state index contributed by atoms with van der Waals surface area (Å²) in [6.07, 6.45) is 3.93. The molecule has 4 aromatic rings. The van der Waals surface area contributed by atoms with Gasteiger partial charge in [0.2, 0.25) is 0 Å². The fourth-order valence-electron chi connectivity index (χ4n) is 3.23. The number of carbonyl (C=O) groups is 1. The van der Waals surface area contributed by atoms with E-state index in [1.165, 1.54) is 0 Å². The molecule has 6 heteroatoms. The van der Waals surface area contributed by atoms with Gasteiger partial charge in [0, 0.05) is 18.0 Å². The van der Waals surface area contributed by atoms with Crippen molar-refractivity contribution in [3.05, 3.63) is 78.6 Å². The lowest BCUT2D eigenvalue weighted by atomic mass is 10.1. The van der Waals surface area contributed by atoms with E-state index in [0.29, 0.717) is 18.0 Å². The summed E-state index contributed by atoms with van der Waals surface area (Å²) in [6, 6.07) is 18.8. The number of aryl methyl sites for hydroxylation is 1. The first-order chi connectivity index (χ1) is 14.6. The Balaban J connectivity index is 1.47. The van der Waals surface area contributed by atoms with Gasteiger partial charge in [0.25, 0.3) is 5.91 Å². The van der Waals surface area contributed by atoms with E-state index in [0.717, 1.165) is 28.2 Å². The van der Waals surface area contributed by atoms with Crippen molar-refractivity contribution in [1.82, 2.24) is 9.38 Å². The smallest absolute Gasteiger partial charge is 0.262 e. The molecular weight excluding hydrogens is 378 g/mol. The lowest BCUT2D eigenvalue weighted by Gasteiger charge is -2.11. The normalized spacial score (nSPS) is 10.7. The lowest BCUT2D eigenvalue weighted by molar-refractivity contribution is -0.118. The second-order valence-corrected chi connectivity index (χ2v) is 6.84. The number of anilines is 1. The van der Waals surface area contributed by atoms with Crippen LogP contribution in [0, 0.1) is 6.92 Å². The Bertz CT molecular complexity index is 1170. The Labute approximate surface area is 175 Å². The van der Waals surface area contributed by atoms with Gasteiger partial charge in [0.1, 0.15) is 17.1 Å². The quantitative estimate of drug-likeness (QED) is 0.486. The Morgan fingerprint density at radius 2 is 1.73 bits per heavy atom. The van der Waals surface area contributed by atoms with Gasteiger partial charge in [-0.2, -0.15) is 0 Å². The molecule has 0 aliphatic heterocycles. The Kier molecular flexibility index (Phi) is 5.66. The predicted octanol–water partition coefficient (Wildman–Crippen LogP) is 4.73. The number of fused-ring (bicyclic) bond motifs is 1. The lowest BCUT2D eigenvalue weighted by Crippen LogP contribution is -2.20. The zero-order valence-corrected chi connectivity index (χ0v) is 17.0. The molecule has 152 valence electrons. The SMILES string of the molecule is CCOc1ccc(OCC(=O)Nc2ccccc2-c2cn3cccc(C)c3n2)cc1. The number of amides is 1. The first-order valence-corrected chi connectivity index (χ1v) is 9.83. The number of nitrogens with one attached hydrogen (secondary N) is 1. The van der Waals surface area contributed by atoms with Crippen molar-refractivity contribution in [2.45, 2.75) is 13.8 Å². The fraction of sp³-hybridized carbons (Fsp3) is 0.167. The number of nitrogens with zero attached hydrogens (tertiary/aromatic N) is 2. The molecule has 0 fully saturated rings. The van der Waals surface area contributed by atoms with Crippen LogP contribution in [0.5, 0.6) is 11.5 Å². The average molecular weight is 401 g/mol. The summed E-state index contributed by atoms with van der Waals surface area (Å²) in [5.74, 6) is 1.14. The van der Waals surface area contributed by atoms with Gasteiger partial charge < -0.3 is 19.2 Å². The second kappa shape index (κ2) is 8.69. The molecular formula is C24H23N3O3. The molecule has 30 heavy (non-hydrogen) atoms. The molecule has 0 saturated heterocycles. The van der Waals surface area contributed by atoms with Gasteiger partial charge in [-0.1, -0.05) is 24.3 Å². The van der Waals surface area contributed by atoms with Crippen molar-refractivity contribution < 1.29 is 14.3 Å². The number of ether oxygens (including phenoxy) is 2. The van der Waals surface area contributed by atoms with E-state index >= 15 is 0 Å². The van der Waals surface area contributed by atoms with E-state index in [9.17, 15) is 4.79 Å². The molecule has 2 heterocycles. The zero-order valence-electron chi connectivity index (χ0n) is 17.0. The Hall–Kier alpha value is -3.80. The molecule has 1 N–H and O–H groups in total. The number of hydrogen-bond donors (Lipinski definition) is 1. The summed E-state index contributed by atoms with van der Waals surface area (Å²) in [4.78, 5) is 17.2. The minimum Gasteiger partial charge on any atom is -0.494 e. The van der Waals surface area contributed by atoms with Crippen molar-refractivity contribution in [3.63, 3.8) is 0 Å². The molecule has 6 nitrogen and oxygen atoms in total. The monoisotopic (exact) mass is 401 g/mol. The highest BCUT2D eigenvalue weighted by Gasteiger charge is 2.12. The minimum atomic E-state index is -0.240. The van der Waals surface area contributed by atoms with E-state index < -0.39 is 0 Å². The van der Waals surface area contributed by atoms with Crippen LogP contribution in [0.3, 0.4) is 0 Å². The van der Waals surface area contributed by atoms with Crippen LogP contribution < -0.4 is 14.8 Å². The highest BCUT2D eigenvalue weighted by molar-refractivity contribution is 5.96. The van der Waals surface area contributed by atoms with Crippen LogP contribution in [0.1, 0.15) is 12.5 Å². The highest BCUT2D eigenvalue weighted by atomic mass is 16.5. The molecule has 1 amide bonds. The molecule has 0 radical (unpaired) electrons. The van der Waals surface area contributed by atoms with Crippen LogP contribution in [-0.4, -0.2) is 28.5 Å². The number of hydrogen-bond acceptors (Lipinski definition) is 4. The maximum Gasteiger partial charge on any atom is 0.262 e. The van der Waals surface area contributed by atoms with E-state index in [1.54, 1.807) is 12.1 Å². The summed E-state index contributed by atoms with van der Waals surface area (Å²) in [6.45, 7) is 4.47. The molecule has 0 spiro atoms. The van der Waals surface area contributed by atoms with Gasteiger partial charge in [0.05, 0.1) is 18.0 Å². The number of imidazole rings is 1. The summed E-state index contributed by atoms with van der Waals surface area (Å²) < 4.78 is 13.0. The van der Waals surface area contributed by atoms with Crippen molar-refractivity contribution in [3.8, 4) is 22.8 Å². The van der Waals surface area contributed by atoms with Crippen LogP contribution in [-0.2, 0) is 4.79 Å². The summed E-state index contributed by atoms with van der Waals surface area (Å²) in [7, 11) is 0. The molecule has 0 aliphatic carbocycles. The summed E-state index contributed by atoms with van der Waals surface area (Å²) >= 11 is 0. The molecule has 0 aliphatic rings. The molecule has 0 unspecified atom stereocenters. The minimum absolute atomic E-state index is 0.0907. The van der Waals surface area contributed by atoms with E-state index in [1.807, 2.05) is 79.2 Å². The van der Waals surface area contributed by atoms with Crippen molar-refractivity contribution >= 4 is 17.2 Å². The van der Waals surface area contributed by atoms with Crippen LogP contribution in [0.25, 0.3) is 16.9 Å². The molecule has 4 rings (SSSR count). The molecule has 2 aromatic carbocycles. The topological polar surface area (TPSA) is 64.9 Å². The zero-order chi connectivity index (χ0) is 20.9. The third-order valence-corrected chi connectivity index (χ3v) is 4.66. The number of pyridine rings is 1. The van der Waals surface area contributed by atoms with Gasteiger partial charge in [-0.05, 0) is 55.8 Å². The molecule has 0 bridgehead atoms. The first-order valence-electron chi connectivity index (χ1n) is 9.83. The number of aromatic nitrogens is 2. The van der Waals surface area contributed by atoms with Gasteiger partial charge in [-0.15, -0.1) is 0 Å². The highest BCUT2D eigenvalue weighted by Crippen LogP contribution is 2.28. The number of rotatable bonds is 7. The van der Waals surface area contributed by atoms with Crippen LogP contribution >= 0.6 is 0 Å². The summed E-state index contributed by atoms with van der Waals surface area (Å²) in [5, 5.41) is 2.93. The molecule has 0 saturated carbocycles. The number of para-hydroxylation sites is 1. The number of carbonyl (C=O) groups excluding carboxylic acids is 1. The average Bonchev–Trinajstić information content (AvgIpc) is 3.19. The summed E-state index contributed by atoms with van der Waals surface area (Å²) in [5.41, 5.74) is 4.34. The standard InChI is InChI=1S/C24H23N3O3/c1-3-29-18-10-12-19(13-11-18)30-16-23(28)25-21-9-5-4-8-20(21)22-15-27-14-6-7-17(2)24(27)26-22/h4-15H,3,16H2,1-2H3,(H,25,28). The second-order valence-electron chi connectivity index (χ2n) is 6.84. The largest absolute Gasteiger partial charge is 0.494 e. The maximum atomic E-state index is 12.5. The van der Waals surface area contributed by atoms with E-state index in [2.05, 4.69) is 5.32 Å². The van der Waals surface area contributed by atoms with E-state index in [4.69, 9.17) is 14.5 Å². The Morgan fingerprint density at radius 1 is 1.00 bits per heavy atom. The fourth-order valence-corrected chi connectivity index (χ4v) is 3.23. The van der Waals surface area contributed by atoms with Crippen molar-refractivity contribution in [2.75, 3.05) is 18.5 Å². The number of benzene rings is 2. The third-order valence-electron chi connectivity index (χ3n) is 4.66. The predicted molar refractivity (Wildman–Crippen MR) is 117 cm³/mol. The maximum absolute atomic E-state index is 12.5. The van der Waals surface area contributed by atoms with Gasteiger partial charge in [0.15, 0.2) is 6.61 Å². The van der Waals surface area contributed by atoms with Gasteiger partial charge >= 0.3 is 0 Å².